The van der Waals surface area contributed by atoms with E-state index in [-0.39, 0.29) is 11.6 Å². The van der Waals surface area contributed by atoms with Gasteiger partial charge in [0.2, 0.25) is 0 Å². The van der Waals surface area contributed by atoms with E-state index in [0.717, 1.165) is 0 Å². The maximum absolute atomic E-state index is 14.4. The summed E-state index contributed by atoms with van der Waals surface area (Å²) >= 11 is 0. The average Bonchev–Trinajstić information content (AvgIpc) is 2.92. The highest BCUT2D eigenvalue weighted by Crippen LogP contribution is 2.28. The number of carbonyl (C=O) groups excluding carboxylic acids is 1. The quantitative estimate of drug-likeness (QED) is 0.510. The van der Waals surface area contributed by atoms with E-state index in [2.05, 4.69) is 4.98 Å². The molecule has 0 radical (unpaired) electrons. The molecule has 124 valence electrons. The number of imidazole rings is 1. The van der Waals surface area contributed by atoms with Crippen LogP contribution < -0.4 is 0 Å². The van der Waals surface area contributed by atoms with Gasteiger partial charge >= 0.3 is 0 Å². The van der Waals surface area contributed by atoms with E-state index >= 15 is 0 Å². The molecule has 0 spiro atoms. The molecule has 2 aromatic carbocycles. The van der Waals surface area contributed by atoms with Gasteiger partial charge in [-0.1, -0.05) is 12.1 Å². The van der Waals surface area contributed by atoms with Crippen LogP contribution in [0.15, 0.2) is 36.4 Å². The van der Waals surface area contributed by atoms with Crippen molar-refractivity contribution in [3.8, 4) is 11.1 Å². The third-order valence-electron chi connectivity index (χ3n) is 3.79. The zero-order chi connectivity index (χ0) is 17.1. The number of rotatable bonds is 6. The van der Waals surface area contributed by atoms with Crippen LogP contribution in [-0.2, 0) is 11.3 Å². The topological polar surface area (TPSA) is 44.1 Å². The molecule has 6 heteroatoms. The lowest BCUT2D eigenvalue weighted by Crippen LogP contribution is -2.09. The number of nitrogens with zero attached hydrogens (tertiary/aromatic N) is 2. The van der Waals surface area contributed by atoms with Crippen LogP contribution in [0.1, 0.15) is 17.5 Å². The molecule has 3 rings (SSSR count). The first-order valence-electron chi connectivity index (χ1n) is 7.62. The number of hydrogen-bond acceptors (Lipinski definition) is 3. The highest BCUT2D eigenvalue weighted by atomic mass is 19.1. The summed E-state index contributed by atoms with van der Waals surface area (Å²) in [6, 6.07) is 8.51. The Kier molecular flexibility index (Phi) is 4.66. The van der Waals surface area contributed by atoms with Crippen LogP contribution >= 0.6 is 0 Å². The van der Waals surface area contributed by atoms with Gasteiger partial charge in [-0.25, -0.2) is 13.8 Å². The molecule has 1 aromatic heterocycles. The Morgan fingerprint density at radius 1 is 1.21 bits per heavy atom. The molecule has 1 heterocycles. The van der Waals surface area contributed by atoms with Crippen LogP contribution in [0.4, 0.5) is 8.78 Å². The smallest absolute Gasteiger partial charge is 0.185 e. The summed E-state index contributed by atoms with van der Waals surface area (Å²) in [6.07, 6.45) is 0.640. The first-order valence-corrected chi connectivity index (χ1v) is 7.62. The molecule has 0 fully saturated rings. The van der Waals surface area contributed by atoms with Gasteiger partial charge in [0.1, 0.15) is 11.6 Å². The van der Waals surface area contributed by atoms with E-state index in [1.54, 1.807) is 10.6 Å². The number of aromatic nitrogens is 2. The van der Waals surface area contributed by atoms with Gasteiger partial charge in [-0.2, -0.15) is 0 Å². The SMILES string of the molecule is CCOCCn1c(C=O)nc2cc(F)c(-c3ccc(F)cc3)cc21. The van der Waals surface area contributed by atoms with E-state index in [1.807, 2.05) is 6.92 Å². The zero-order valence-electron chi connectivity index (χ0n) is 13.1. The third-order valence-corrected chi connectivity index (χ3v) is 3.79. The van der Waals surface area contributed by atoms with Crippen molar-refractivity contribution in [2.45, 2.75) is 13.5 Å². The van der Waals surface area contributed by atoms with E-state index in [1.165, 1.54) is 30.3 Å². The molecule has 3 aromatic rings. The number of ether oxygens (including phenoxy) is 1. The highest BCUT2D eigenvalue weighted by molar-refractivity contribution is 5.87. The van der Waals surface area contributed by atoms with Crippen molar-refractivity contribution in [2.24, 2.45) is 0 Å². The van der Waals surface area contributed by atoms with E-state index < -0.39 is 5.82 Å². The lowest BCUT2D eigenvalue weighted by atomic mass is 10.0. The van der Waals surface area contributed by atoms with Crippen molar-refractivity contribution in [1.82, 2.24) is 9.55 Å². The first-order chi connectivity index (χ1) is 11.6. The minimum atomic E-state index is -0.471. The van der Waals surface area contributed by atoms with Crippen molar-refractivity contribution in [3.05, 3.63) is 53.9 Å². The van der Waals surface area contributed by atoms with E-state index in [9.17, 15) is 13.6 Å². The molecule has 0 aliphatic heterocycles. The highest BCUT2D eigenvalue weighted by Gasteiger charge is 2.15. The van der Waals surface area contributed by atoms with Gasteiger partial charge < -0.3 is 9.30 Å². The molecule has 0 bridgehead atoms. The van der Waals surface area contributed by atoms with Crippen LogP contribution in [0.3, 0.4) is 0 Å². The minimum Gasteiger partial charge on any atom is -0.380 e. The number of aldehydes is 1. The molecule has 0 saturated carbocycles. The Hall–Kier alpha value is -2.60. The monoisotopic (exact) mass is 330 g/mol. The molecule has 0 aliphatic carbocycles. The second-order valence-corrected chi connectivity index (χ2v) is 5.26. The molecule has 24 heavy (non-hydrogen) atoms. The number of hydrogen-bond donors (Lipinski definition) is 0. The summed E-state index contributed by atoms with van der Waals surface area (Å²) < 4.78 is 34.5. The van der Waals surface area contributed by atoms with Crippen molar-refractivity contribution < 1.29 is 18.3 Å². The lowest BCUT2D eigenvalue weighted by Gasteiger charge is -2.08. The first kappa shape index (κ1) is 16.3. The predicted molar refractivity (Wildman–Crippen MR) is 87.0 cm³/mol. The summed E-state index contributed by atoms with van der Waals surface area (Å²) in [6.45, 7) is 3.31. The summed E-state index contributed by atoms with van der Waals surface area (Å²) in [5, 5.41) is 0. The number of carbonyl (C=O) groups is 1. The Morgan fingerprint density at radius 3 is 2.62 bits per heavy atom. The van der Waals surface area contributed by atoms with Crippen LogP contribution in [0.25, 0.3) is 22.2 Å². The second-order valence-electron chi connectivity index (χ2n) is 5.26. The normalized spacial score (nSPS) is 11.1. The molecule has 0 amide bonds. The number of halogens is 2. The summed E-state index contributed by atoms with van der Waals surface area (Å²) in [7, 11) is 0. The Balaban J connectivity index is 2.11. The van der Waals surface area contributed by atoms with E-state index in [0.29, 0.717) is 48.2 Å². The molecule has 0 atom stereocenters. The summed E-state index contributed by atoms with van der Waals surface area (Å²) in [5.41, 5.74) is 1.92. The van der Waals surface area contributed by atoms with Gasteiger partial charge in [-0.3, -0.25) is 4.79 Å². The maximum Gasteiger partial charge on any atom is 0.185 e. The van der Waals surface area contributed by atoms with Crippen molar-refractivity contribution in [3.63, 3.8) is 0 Å². The van der Waals surface area contributed by atoms with Gasteiger partial charge in [-0.15, -0.1) is 0 Å². The van der Waals surface area contributed by atoms with E-state index in [4.69, 9.17) is 4.74 Å². The second kappa shape index (κ2) is 6.88. The molecular formula is C18H16F2N2O2. The van der Waals surface area contributed by atoms with Crippen LogP contribution in [-0.4, -0.2) is 29.1 Å². The fourth-order valence-electron chi connectivity index (χ4n) is 2.64. The van der Waals surface area contributed by atoms with Gasteiger partial charge in [0, 0.05) is 24.8 Å². The fraction of sp³-hybridized carbons (Fsp3) is 0.222. The molecule has 4 nitrogen and oxygen atoms in total. The largest absolute Gasteiger partial charge is 0.380 e. The molecule has 0 aliphatic rings. The summed E-state index contributed by atoms with van der Waals surface area (Å²) in [5.74, 6) is -0.633. The van der Waals surface area contributed by atoms with Crippen molar-refractivity contribution >= 4 is 17.3 Å². The van der Waals surface area contributed by atoms with Gasteiger partial charge in [-0.05, 0) is 30.7 Å². The lowest BCUT2D eigenvalue weighted by molar-refractivity contribution is 0.110. The fourth-order valence-corrected chi connectivity index (χ4v) is 2.64. The van der Waals surface area contributed by atoms with Gasteiger partial charge in [0.15, 0.2) is 12.1 Å². The number of fused-ring (bicyclic) bond motifs is 1. The molecule has 0 N–H and O–H groups in total. The maximum atomic E-state index is 14.4. The minimum absolute atomic E-state index is 0.223. The molecular weight excluding hydrogens is 314 g/mol. The Labute approximate surface area is 137 Å². The predicted octanol–water partition coefficient (Wildman–Crippen LogP) is 3.83. The van der Waals surface area contributed by atoms with Crippen molar-refractivity contribution in [2.75, 3.05) is 13.2 Å². The Bertz CT molecular complexity index is 873. The third kappa shape index (κ3) is 3.05. The zero-order valence-corrected chi connectivity index (χ0v) is 13.1. The number of benzene rings is 2. The average molecular weight is 330 g/mol. The molecule has 0 saturated heterocycles. The molecule has 0 unspecified atom stereocenters. The van der Waals surface area contributed by atoms with Crippen LogP contribution in [0.2, 0.25) is 0 Å². The van der Waals surface area contributed by atoms with Gasteiger partial charge in [0.05, 0.1) is 17.6 Å². The van der Waals surface area contributed by atoms with Crippen LogP contribution in [0.5, 0.6) is 0 Å². The van der Waals surface area contributed by atoms with Crippen LogP contribution in [0, 0.1) is 11.6 Å². The van der Waals surface area contributed by atoms with Gasteiger partial charge in [0.25, 0.3) is 0 Å². The standard InChI is InChI=1S/C18H16F2N2O2/c1-2-24-8-7-22-17-9-14(12-3-5-13(19)6-4-12)15(20)10-16(17)21-18(22)11-23/h3-6,9-11H,2,7-8H2,1H3. The Morgan fingerprint density at radius 2 is 1.96 bits per heavy atom. The van der Waals surface area contributed by atoms with Crippen molar-refractivity contribution in [1.29, 1.82) is 0 Å². The summed E-state index contributed by atoms with van der Waals surface area (Å²) in [4.78, 5) is 15.4.